The fourth-order valence-electron chi connectivity index (χ4n) is 2.10. The first-order chi connectivity index (χ1) is 10.1. The molecule has 0 aliphatic rings. The van der Waals surface area contributed by atoms with Crippen molar-refractivity contribution in [1.29, 1.82) is 0 Å². The summed E-state index contributed by atoms with van der Waals surface area (Å²) in [6.07, 6.45) is 0. The first-order valence-corrected chi connectivity index (χ1v) is 7.68. The molecule has 3 aromatic rings. The van der Waals surface area contributed by atoms with Gasteiger partial charge in [-0.3, -0.25) is 0 Å². The van der Waals surface area contributed by atoms with E-state index in [2.05, 4.69) is 50.2 Å². The largest absolute Gasteiger partial charge is 0.232 e. The van der Waals surface area contributed by atoms with Crippen molar-refractivity contribution in [3.8, 4) is 22.5 Å². The van der Waals surface area contributed by atoms with E-state index in [-0.39, 0.29) is 0 Å². The van der Waals surface area contributed by atoms with E-state index in [0.29, 0.717) is 11.0 Å². The fourth-order valence-corrected chi connectivity index (χ4v) is 2.49. The Kier molecular flexibility index (Phi) is 4.04. The summed E-state index contributed by atoms with van der Waals surface area (Å²) in [6, 6.07) is 18.4. The lowest BCUT2D eigenvalue weighted by molar-refractivity contribution is 1.09. The summed E-state index contributed by atoms with van der Waals surface area (Å²) in [5, 5.41) is 0.435. The summed E-state index contributed by atoms with van der Waals surface area (Å²) < 4.78 is 0.744. The molecule has 0 aliphatic carbocycles. The smallest absolute Gasteiger partial charge is 0.161 e. The Morgan fingerprint density at radius 3 is 2.00 bits per heavy atom. The highest BCUT2D eigenvalue weighted by Crippen LogP contribution is 2.27. The molecule has 21 heavy (non-hydrogen) atoms. The van der Waals surface area contributed by atoms with Crippen LogP contribution in [-0.2, 0) is 0 Å². The minimum absolute atomic E-state index is 0.435. The molecule has 0 unspecified atom stereocenters. The van der Waals surface area contributed by atoms with Gasteiger partial charge in [-0.15, -0.1) is 0 Å². The van der Waals surface area contributed by atoms with E-state index < -0.39 is 0 Å². The molecule has 0 saturated carbocycles. The van der Waals surface area contributed by atoms with Gasteiger partial charge in [-0.2, -0.15) is 0 Å². The maximum absolute atomic E-state index is 6.10. The number of nitrogens with zero attached hydrogens (tertiary/aromatic N) is 2. The number of aryl methyl sites for hydroxylation is 1. The lowest BCUT2D eigenvalue weighted by Crippen LogP contribution is -1.94. The third kappa shape index (κ3) is 2.99. The number of rotatable bonds is 2. The van der Waals surface area contributed by atoms with Crippen LogP contribution in [0.2, 0.25) is 5.15 Å². The molecule has 0 atom stereocenters. The zero-order valence-electron chi connectivity index (χ0n) is 11.3. The van der Waals surface area contributed by atoms with Crippen LogP contribution in [0.3, 0.4) is 0 Å². The van der Waals surface area contributed by atoms with Crippen molar-refractivity contribution >= 4 is 27.5 Å². The normalized spacial score (nSPS) is 10.6. The van der Waals surface area contributed by atoms with Gasteiger partial charge in [-0.1, -0.05) is 66.2 Å². The molecule has 0 spiro atoms. The van der Waals surface area contributed by atoms with E-state index in [4.69, 9.17) is 11.6 Å². The molecule has 4 heteroatoms. The quantitative estimate of drug-likeness (QED) is 0.562. The molecule has 1 aromatic heterocycles. The number of hydrogen-bond acceptors (Lipinski definition) is 2. The molecule has 1 heterocycles. The van der Waals surface area contributed by atoms with Gasteiger partial charge < -0.3 is 0 Å². The molecular formula is C17H12BrClN2. The van der Waals surface area contributed by atoms with E-state index >= 15 is 0 Å². The molecule has 2 aromatic carbocycles. The molecular weight excluding hydrogens is 348 g/mol. The maximum atomic E-state index is 6.10. The van der Waals surface area contributed by atoms with E-state index in [1.807, 2.05) is 37.3 Å². The van der Waals surface area contributed by atoms with Crippen LogP contribution >= 0.6 is 27.5 Å². The molecule has 3 rings (SSSR count). The van der Waals surface area contributed by atoms with Crippen molar-refractivity contribution in [2.75, 3.05) is 0 Å². The Bertz CT molecular complexity index is 748. The molecule has 0 bridgehead atoms. The van der Waals surface area contributed by atoms with E-state index in [1.165, 1.54) is 11.1 Å². The standard InChI is InChI=1S/C17H12BrClN2/c1-11-15(18)16(19)21-17(20-11)14-9-7-13(8-10-14)12-5-3-2-4-6-12/h2-10H,1H3. The lowest BCUT2D eigenvalue weighted by atomic mass is 10.0. The van der Waals surface area contributed by atoms with E-state index in [9.17, 15) is 0 Å². The highest BCUT2D eigenvalue weighted by molar-refractivity contribution is 9.10. The van der Waals surface area contributed by atoms with Crippen LogP contribution in [-0.4, -0.2) is 9.97 Å². The molecule has 2 nitrogen and oxygen atoms in total. The Labute approximate surface area is 137 Å². The predicted molar refractivity (Wildman–Crippen MR) is 90.4 cm³/mol. The highest BCUT2D eigenvalue weighted by Gasteiger charge is 2.09. The molecule has 0 N–H and O–H groups in total. The van der Waals surface area contributed by atoms with Crippen molar-refractivity contribution in [2.45, 2.75) is 6.92 Å². The first kappa shape index (κ1) is 14.2. The van der Waals surface area contributed by atoms with Crippen LogP contribution < -0.4 is 0 Å². The zero-order valence-corrected chi connectivity index (χ0v) is 13.7. The second-order valence-corrected chi connectivity index (χ2v) is 5.83. The molecule has 0 amide bonds. The number of aromatic nitrogens is 2. The van der Waals surface area contributed by atoms with Crippen molar-refractivity contribution in [3.05, 3.63) is 69.9 Å². The Morgan fingerprint density at radius 1 is 0.810 bits per heavy atom. The maximum Gasteiger partial charge on any atom is 0.161 e. The lowest BCUT2D eigenvalue weighted by Gasteiger charge is -2.06. The second-order valence-electron chi connectivity index (χ2n) is 4.68. The van der Waals surface area contributed by atoms with Crippen LogP contribution in [0.25, 0.3) is 22.5 Å². The minimum Gasteiger partial charge on any atom is -0.232 e. The van der Waals surface area contributed by atoms with Crippen LogP contribution in [0, 0.1) is 6.92 Å². The zero-order chi connectivity index (χ0) is 14.8. The van der Waals surface area contributed by atoms with Crippen LogP contribution in [0.4, 0.5) is 0 Å². The van der Waals surface area contributed by atoms with Gasteiger partial charge in [0.25, 0.3) is 0 Å². The van der Waals surface area contributed by atoms with Crippen molar-refractivity contribution < 1.29 is 0 Å². The summed E-state index contributed by atoms with van der Waals surface area (Å²) in [5.41, 5.74) is 4.14. The van der Waals surface area contributed by atoms with Crippen LogP contribution in [0.15, 0.2) is 59.1 Å². The number of halogens is 2. The first-order valence-electron chi connectivity index (χ1n) is 6.50. The van der Waals surface area contributed by atoms with E-state index in [0.717, 1.165) is 15.7 Å². The molecule has 0 fully saturated rings. The van der Waals surface area contributed by atoms with Gasteiger partial charge in [-0.25, -0.2) is 9.97 Å². The summed E-state index contributed by atoms with van der Waals surface area (Å²) in [7, 11) is 0. The van der Waals surface area contributed by atoms with Gasteiger partial charge in [0.15, 0.2) is 5.82 Å². The number of benzene rings is 2. The summed E-state index contributed by atoms with van der Waals surface area (Å²) in [6.45, 7) is 1.90. The topological polar surface area (TPSA) is 25.8 Å². The Balaban J connectivity index is 1.98. The van der Waals surface area contributed by atoms with Crippen LogP contribution in [0.5, 0.6) is 0 Å². The minimum atomic E-state index is 0.435. The third-order valence-corrected chi connectivity index (χ3v) is 4.68. The summed E-state index contributed by atoms with van der Waals surface area (Å²) >= 11 is 9.47. The molecule has 0 saturated heterocycles. The van der Waals surface area contributed by atoms with Crippen molar-refractivity contribution in [2.24, 2.45) is 0 Å². The van der Waals surface area contributed by atoms with Gasteiger partial charge in [-0.05, 0) is 34.0 Å². The van der Waals surface area contributed by atoms with Crippen molar-refractivity contribution in [3.63, 3.8) is 0 Å². The van der Waals surface area contributed by atoms with E-state index in [1.54, 1.807) is 0 Å². The number of hydrogen-bond donors (Lipinski definition) is 0. The monoisotopic (exact) mass is 358 g/mol. The van der Waals surface area contributed by atoms with Gasteiger partial charge in [0.1, 0.15) is 5.15 Å². The average molecular weight is 360 g/mol. The average Bonchev–Trinajstić information content (AvgIpc) is 2.53. The van der Waals surface area contributed by atoms with Crippen LogP contribution in [0.1, 0.15) is 5.69 Å². The fraction of sp³-hybridized carbons (Fsp3) is 0.0588. The Morgan fingerprint density at radius 2 is 1.38 bits per heavy atom. The summed E-state index contributed by atoms with van der Waals surface area (Å²) in [4.78, 5) is 8.78. The predicted octanol–water partition coefficient (Wildman–Crippen LogP) is 5.53. The Hall–Kier alpha value is -1.71. The highest BCUT2D eigenvalue weighted by atomic mass is 79.9. The van der Waals surface area contributed by atoms with Gasteiger partial charge in [0.05, 0.1) is 10.2 Å². The third-order valence-electron chi connectivity index (χ3n) is 3.23. The SMILES string of the molecule is Cc1nc(-c2ccc(-c3ccccc3)cc2)nc(Cl)c1Br. The second kappa shape index (κ2) is 5.96. The summed E-state index contributed by atoms with van der Waals surface area (Å²) in [5.74, 6) is 0.639. The molecule has 0 aliphatic heterocycles. The van der Waals surface area contributed by atoms with Gasteiger partial charge in [0.2, 0.25) is 0 Å². The molecule has 104 valence electrons. The van der Waals surface area contributed by atoms with Gasteiger partial charge >= 0.3 is 0 Å². The molecule has 0 radical (unpaired) electrons. The van der Waals surface area contributed by atoms with Crippen molar-refractivity contribution in [1.82, 2.24) is 9.97 Å². The van der Waals surface area contributed by atoms with Gasteiger partial charge in [0, 0.05) is 5.56 Å².